The van der Waals surface area contributed by atoms with E-state index in [-0.39, 0.29) is 0 Å². The van der Waals surface area contributed by atoms with Gasteiger partial charge in [0.2, 0.25) is 0 Å². The maximum atomic E-state index is 5.86. The van der Waals surface area contributed by atoms with Crippen molar-refractivity contribution in [2.24, 2.45) is 0 Å². The Kier molecular flexibility index (Phi) is 3.08. The summed E-state index contributed by atoms with van der Waals surface area (Å²) in [7, 11) is 0. The lowest BCUT2D eigenvalue weighted by Gasteiger charge is -1.95. The van der Waals surface area contributed by atoms with Crippen LogP contribution in [0.2, 0.25) is 5.02 Å². The first-order chi connectivity index (χ1) is 8.81. The number of aromatic nitrogens is 4. The van der Waals surface area contributed by atoms with Crippen molar-refractivity contribution in [3.05, 3.63) is 52.3 Å². The Morgan fingerprint density at radius 3 is 2.72 bits per heavy atom. The van der Waals surface area contributed by atoms with E-state index in [1.807, 2.05) is 29.6 Å². The van der Waals surface area contributed by atoms with E-state index in [1.54, 1.807) is 17.5 Å². The highest BCUT2D eigenvalue weighted by atomic mass is 35.5. The largest absolute Gasteiger partial charge is 0.241 e. The van der Waals surface area contributed by atoms with Gasteiger partial charge in [0.15, 0.2) is 0 Å². The van der Waals surface area contributed by atoms with Gasteiger partial charge in [-0.2, -0.15) is 15.4 Å². The highest BCUT2D eigenvalue weighted by molar-refractivity contribution is 7.13. The van der Waals surface area contributed by atoms with Crippen molar-refractivity contribution in [2.45, 2.75) is 6.42 Å². The quantitative estimate of drug-likeness (QED) is 0.799. The standard InChI is InChI=1S/C12H9ClN4S/c13-9-3-1-8(2-4-9)12-15-11(7-18-12)5-10-6-14-17-16-10/h1-4,6-7H,5H2,(H,14,16,17). The van der Waals surface area contributed by atoms with Crippen LogP contribution in [0, 0.1) is 0 Å². The van der Waals surface area contributed by atoms with E-state index in [0.29, 0.717) is 6.42 Å². The molecule has 0 aliphatic heterocycles. The summed E-state index contributed by atoms with van der Waals surface area (Å²) in [6.07, 6.45) is 2.40. The Bertz CT molecular complexity index is 630. The molecule has 3 rings (SSSR count). The fraction of sp³-hybridized carbons (Fsp3) is 0.0833. The van der Waals surface area contributed by atoms with Crippen LogP contribution >= 0.6 is 22.9 Å². The number of thiazole rings is 1. The third-order valence-electron chi connectivity index (χ3n) is 2.47. The lowest BCUT2D eigenvalue weighted by atomic mass is 10.2. The van der Waals surface area contributed by atoms with Crippen molar-refractivity contribution in [1.82, 2.24) is 20.4 Å². The first kappa shape index (κ1) is 11.4. The molecule has 2 heterocycles. The molecule has 2 aromatic heterocycles. The average Bonchev–Trinajstić information content (AvgIpc) is 3.02. The van der Waals surface area contributed by atoms with Gasteiger partial charge in [0.1, 0.15) is 5.01 Å². The SMILES string of the molecule is Clc1ccc(-c2nc(Cc3cn[nH]n3)cs2)cc1. The van der Waals surface area contributed by atoms with Gasteiger partial charge in [0.25, 0.3) is 0 Å². The van der Waals surface area contributed by atoms with E-state index in [9.17, 15) is 0 Å². The smallest absolute Gasteiger partial charge is 0.123 e. The first-order valence-electron chi connectivity index (χ1n) is 5.36. The zero-order valence-electron chi connectivity index (χ0n) is 9.30. The number of benzene rings is 1. The summed E-state index contributed by atoms with van der Waals surface area (Å²) in [5.74, 6) is 0. The number of hydrogen-bond acceptors (Lipinski definition) is 4. The van der Waals surface area contributed by atoms with Gasteiger partial charge in [-0.25, -0.2) is 4.98 Å². The Morgan fingerprint density at radius 2 is 2.00 bits per heavy atom. The van der Waals surface area contributed by atoms with Crippen LogP contribution in [0.4, 0.5) is 0 Å². The second-order valence-corrected chi connectivity index (χ2v) is 5.08. The molecule has 0 bridgehead atoms. The zero-order valence-corrected chi connectivity index (χ0v) is 10.9. The van der Waals surface area contributed by atoms with Crippen molar-refractivity contribution < 1.29 is 0 Å². The molecule has 18 heavy (non-hydrogen) atoms. The van der Waals surface area contributed by atoms with Crippen LogP contribution in [0.25, 0.3) is 10.6 Å². The van der Waals surface area contributed by atoms with E-state index in [1.165, 1.54) is 0 Å². The van der Waals surface area contributed by atoms with E-state index in [2.05, 4.69) is 20.4 Å². The maximum absolute atomic E-state index is 5.86. The Morgan fingerprint density at radius 1 is 1.17 bits per heavy atom. The second kappa shape index (κ2) is 4.88. The molecular formula is C12H9ClN4S. The highest BCUT2D eigenvalue weighted by Crippen LogP contribution is 2.25. The Hall–Kier alpha value is -1.72. The van der Waals surface area contributed by atoms with Gasteiger partial charge >= 0.3 is 0 Å². The van der Waals surface area contributed by atoms with Crippen molar-refractivity contribution in [1.29, 1.82) is 0 Å². The molecule has 1 N–H and O–H groups in total. The van der Waals surface area contributed by atoms with Gasteiger partial charge in [0.05, 0.1) is 17.6 Å². The summed E-state index contributed by atoms with van der Waals surface area (Å²) >= 11 is 7.48. The summed E-state index contributed by atoms with van der Waals surface area (Å²) in [5, 5.41) is 14.2. The molecule has 6 heteroatoms. The van der Waals surface area contributed by atoms with E-state index < -0.39 is 0 Å². The van der Waals surface area contributed by atoms with Crippen LogP contribution in [0.5, 0.6) is 0 Å². The monoisotopic (exact) mass is 276 g/mol. The topological polar surface area (TPSA) is 54.5 Å². The number of nitrogens with zero attached hydrogens (tertiary/aromatic N) is 3. The predicted molar refractivity (Wildman–Crippen MR) is 71.7 cm³/mol. The van der Waals surface area contributed by atoms with E-state index in [4.69, 9.17) is 11.6 Å². The summed E-state index contributed by atoms with van der Waals surface area (Å²) in [4.78, 5) is 4.58. The molecule has 0 aliphatic rings. The van der Waals surface area contributed by atoms with Crippen LogP contribution in [0.1, 0.15) is 11.4 Å². The van der Waals surface area contributed by atoms with Gasteiger partial charge in [-0.05, 0) is 12.1 Å². The van der Waals surface area contributed by atoms with Crippen molar-refractivity contribution in [3.8, 4) is 10.6 Å². The molecule has 1 aromatic carbocycles. The minimum absolute atomic E-state index is 0.695. The molecule has 90 valence electrons. The number of nitrogens with one attached hydrogen (secondary N) is 1. The molecule has 0 saturated heterocycles. The summed E-state index contributed by atoms with van der Waals surface area (Å²) in [5.41, 5.74) is 2.97. The first-order valence-corrected chi connectivity index (χ1v) is 6.62. The van der Waals surface area contributed by atoms with E-state index >= 15 is 0 Å². The van der Waals surface area contributed by atoms with Crippen molar-refractivity contribution in [2.75, 3.05) is 0 Å². The van der Waals surface area contributed by atoms with Crippen LogP contribution < -0.4 is 0 Å². The van der Waals surface area contributed by atoms with Crippen LogP contribution in [0.3, 0.4) is 0 Å². The fourth-order valence-corrected chi connectivity index (χ4v) is 2.56. The van der Waals surface area contributed by atoms with Crippen LogP contribution in [0.15, 0.2) is 35.8 Å². The molecule has 0 saturated carbocycles. The number of hydrogen-bond donors (Lipinski definition) is 1. The molecular weight excluding hydrogens is 268 g/mol. The molecule has 0 fully saturated rings. The molecule has 4 nitrogen and oxygen atoms in total. The fourth-order valence-electron chi connectivity index (χ4n) is 1.61. The van der Waals surface area contributed by atoms with Crippen molar-refractivity contribution >= 4 is 22.9 Å². The Labute approximate surface area is 113 Å². The van der Waals surface area contributed by atoms with Gasteiger partial charge in [-0.3, -0.25) is 0 Å². The predicted octanol–water partition coefficient (Wildman–Crippen LogP) is 3.17. The minimum atomic E-state index is 0.695. The third-order valence-corrected chi connectivity index (χ3v) is 3.66. The molecule has 0 amide bonds. The molecule has 3 aromatic rings. The number of aromatic amines is 1. The third kappa shape index (κ3) is 2.42. The van der Waals surface area contributed by atoms with Crippen LogP contribution in [-0.2, 0) is 6.42 Å². The molecule has 0 atom stereocenters. The van der Waals surface area contributed by atoms with Crippen molar-refractivity contribution in [3.63, 3.8) is 0 Å². The average molecular weight is 277 g/mol. The zero-order chi connectivity index (χ0) is 12.4. The van der Waals surface area contributed by atoms with Gasteiger partial charge < -0.3 is 0 Å². The molecule has 0 spiro atoms. The maximum Gasteiger partial charge on any atom is 0.123 e. The summed E-state index contributed by atoms with van der Waals surface area (Å²) in [6.45, 7) is 0. The second-order valence-electron chi connectivity index (χ2n) is 3.79. The van der Waals surface area contributed by atoms with Crippen LogP contribution in [-0.4, -0.2) is 20.4 Å². The lowest BCUT2D eigenvalue weighted by Crippen LogP contribution is -1.88. The highest BCUT2D eigenvalue weighted by Gasteiger charge is 2.06. The van der Waals surface area contributed by atoms with E-state index in [0.717, 1.165) is 27.0 Å². The normalized spacial score (nSPS) is 10.7. The van der Waals surface area contributed by atoms with Gasteiger partial charge in [0, 0.05) is 22.4 Å². The summed E-state index contributed by atoms with van der Waals surface area (Å²) in [6, 6.07) is 7.69. The minimum Gasteiger partial charge on any atom is -0.241 e. The molecule has 0 aliphatic carbocycles. The number of rotatable bonds is 3. The van der Waals surface area contributed by atoms with Gasteiger partial charge in [-0.15, -0.1) is 11.3 Å². The molecule has 0 radical (unpaired) electrons. The number of H-pyrrole nitrogens is 1. The Balaban J connectivity index is 1.83. The molecule has 0 unspecified atom stereocenters. The lowest BCUT2D eigenvalue weighted by molar-refractivity contribution is 0.910. The summed E-state index contributed by atoms with van der Waals surface area (Å²) < 4.78 is 0. The van der Waals surface area contributed by atoms with Gasteiger partial charge in [-0.1, -0.05) is 23.7 Å². The number of halogens is 1.